The van der Waals surface area contributed by atoms with Gasteiger partial charge < -0.3 is 10.8 Å². The molecule has 5 heteroatoms. The molecule has 0 saturated heterocycles. The Labute approximate surface area is 72.8 Å². The number of hydrogen-bond donors (Lipinski definition) is 3. The number of aromatic hydroxyl groups is 1. The van der Waals surface area contributed by atoms with E-state index in [2.05, 4.69) is 9.97 Å². The van der Waals surface area contributed by atoms with E-state index in [1.54, 1.807) is 0 Å². The van der Waals surface area contributed by atoms with E-state index in [1.165, 1.54) is 18.2 Å². The Hall–Kier alpha value is -2.04. The van der Waals surface area contributed by atoms with E-state index in [9.17, 15) is 4.79 Å². The maximum Gasteiger partial charge on any atom is 0.260 e. The summed E-state index contributed by atoms with van der Waals surface area (Å²) in [4.78, 5) is 17.5. The third kappa shape index (κ3) is 1.20. The fourth-order valence-corrected chi connectivity index (χ4v) is 1.15. The number of nitrogens with two attached hydrogens (primary N) is 1. The van der Waals surface area contributed by atoms with Gasteiger partial charge in [-0.25, -0.2) is 4.98 Å². The number of rotatable bonds is 0. The fraction of sp³-hybridized carbons (Fsp3) is 0. The van der Waals surface area contributed by atoms with Crippen molar-refractivity contribution in [3.8, 4) is 5.75 Å². The summed E-state index contributed by atoms with van der Waals surface area (Å²) >= 11 is 0. The second kappa shape index (κ2) is 2.48. The fourth-order valence-electron chi connectivity index (χ4n) is 1.15. The Morgan fingerprint density at radius 2 is 2.23 bits per heavy atom. The van der Waals surface area contributed by atoms with Gasteiger partial charge in [0.2, 0.25) is 5.95 Å². The molecule has 2 aromatic rings. The van der Waals surface area contributed by atoms with Crippen molar-refractivity contribution < 1.29 is 5.11 Å². The highest BCUT2D eigenvalue weighted by Gasteiger charge is 2.01. The van der Waals surface area contributed by atoms with Crippen LogP contribution in [0.4, 0.5) is 5.95 Å². The van der Waals surface area contributed by atoms with E-state index < -0.39 is 0 Å². The Morgan fingerprint density at radius 3 is 3.00 bits per heavy atom. The van der Waals surface area contributed by atoms with E-state index in [1.807, 2.05) is 0 Å². The molecule has 1 aromatic carbocycles. The number of nitrogens with one attached hydrogen (secondary N) is 1. The van der Waals surface area contributed by atoms with Crippen molar-refractivity contribution in [3.05, 3.63) is 28.6 Å². The molecular formula is C8H7N3O2. The smallest absolute Gasteiger partial charge is 0.260 e. The minimum Gasteiger partial charge on any atom is -0.508 e. The van der Waals surface area contributed by atoms with E-state index in [4.69, 9.17) is 10.8 Å². The first kappa shape index (κ1) is 7.60. The lowest BCUT2D eigenvalue weighted by molar-refractivity contribution is 0.476. The molecule has 0 amide bonds. The van der Waals surface area contributed by atoms with Crippen LogP contribution >= 0.6 is 0 Å². The summed E-state index contributed by atoms with van der Waals surface area (Å²) in [5, 5.41) is 9.53. The number of hydrogen-bond acceptors (Lipinski definition) is 4. The van der Waals surface area contributed by atoms with Gasteiger partial charge in [0.15, 0.2) is 0 Å². The highest BCUT2D eigenvalue weighted by atomic mass is 16.3. The van der Waals surface area contributed by atoms with Gasteiger partial charge >= 0.3 is 0 Å². The molecule has 0 radical (unpaired) electrons. The number of nitrogens with zero attached hydrogens (tertiary/aromatic N) is 1. The number of aromatic amines is 1. The molecule has 0 saturated carbocycles. The average Bonchev–Trinajstić information content (AvgIpc) is 2.02. The van der Waals surface area contributed by atoms with Gasteiger partial charge in [-0.2, -0.15) is 0 Å². The Balaban J connectivity index is 2.95. The van der Waals surface area contributed by atoms with Gasteiger partial charge in [-0.1, -0.05) is 0 Å². The number of phenols is 1. The maximum atomic E-state index is 11.3. The standard InChI is InChI=1S/C8H7N3O2/c9-8-10-6-3-4(12)1-2-5(6)7(13)11-8/h1-3,12H,(H3,9,10,11,13). The number of aromatic nitrogens is 2. The van der Waals surface area contributed by atoms with Crippen LogP contribution in [-0.2, 0) is 0 Å². The lowest BCUT2D eigenvalue weighted by Crippen LogP contribution is -2.10. The number of fused-ring (bicyclic) bond motifs is 1. The monoisotopic (exact) mass is 177 g/mol. The largest absolute Gasteiger partial charge is 0.508 e. The second-order valence-corrected chi connectivity index (χ2v) is 2.65. The van der Waals surface area contributed by atoms with Crippen LogP contribution in [0.3, 0.4) is 0 Å². The van der Waals surface area contributed by atoms with Crippen molar-refractivity contribution >= 4 is 16.9 Å². The lowest BCUT2D eigenvalue weighted by Gasteiger charge is -1.97. The summed E-state index contributed by atoms with van der Waals surface area (Å²) in [6.45, 7) is 0. The SMILES string of the molecule is Nc1nc2cc(O)ccc2c(=O)[nH]1. The van der Waals surface area contributed by atoms with E-state index >= 15 is 0 Å². The van der Waals surface area contributed by atoms with Crippen molar-refractivity contribution in [1.29, 1.82) is 0 Å². The normalized spacial score (nSPS) is 10.5. The molecule has 0 fully saturated rings. The molecule has 13 heavy (non-hydrogen) atoms. The Bertz CT molecular complexity index is 513. The van der Waals surface area contributed by atoms with Crippen LogP contribution in [0.15, 0.2) is 23.0 Å². The first-order chi connectivity index (χ1) is 6.16. The number of phenolic OH excluding ortho intramolecular Hbond substituents is 1. The van der Waals surface area contributed by atoms with Crippen LogP contribution in [0.2, 0.25) is 0 Å². The van der Waals surface area contributed by atoms with Gasteiger partial charge in [0.25, 0.3) is 5.56 Å². The summed E-state index contributed by atoms with van der Waals surface area (Å²) in [7, 11) is 0. The molecule has 0 aliphatic heterocycles. The second-order valence-electron chi connectivity index (χ2n) is 2.65. The zero-order valence-electron chi connectivity index (χ0n) is 6.61. The van der Waals surface area contributed by atoms with Gasteiger partial charge in [-0.05, 0) is 12.1 Å². The number of anilines is 1. The average molecular weight is 177 g/mol. The Morgan fingerprint density at radius 1 is 1.46 bits per heavy atom. The van der Waals surface area contributed by atoms with Crippen LogP contribution in [-0.4, -0.2) is 15.1 Å². The highest BCUT2D eigenvalue weighted by molar-refractivity contribution is 5.79. The summed E-state index contributed by atoms with van der Waals surface area (Å²) in [5.74, 6) is 0.105. The van der Waals surface area contributed by atoms with Gasteiger partial charge in [-0.15, -0.1) is 0 Å². The third-order valence-corrected chi connectivity index (χ3v) is 1.71. The van der Waals surface area contributed by atoms with Crippen molar-refractivity contribution in [1.82, 2.24) is 9.97 Å². The molecule has 0 spiro atoms. The zero-order chi connectivity index (χ0) is 9.42. The molecule has 4 N–H and O–H groups in total. The van der Waals surface area contributed by atoms with Crippen molar-refractivity contribution in [3.63, 3.8) is 0 Å². The topological polar surface area (TPSA) is 92.0 Å². The van der Waals surface area contributed by atoms with Gasteiger partial charge in [0, 0.05) is 6.07 Å². The molecule has 0 unspecified atom stereocenters. The van der Waals surface area contributed by atoms with Crippen LogP contribution < -0.4 is 11.3 Å². The quantitative estimate of drug-likeness (QED) is 0.536. The first-order valence-electron chi connectivity index (χ1n) is 3.65. The Kier molecular flexibility index (Phi) is 1.45. The molecular weight excluding hydrogens is 170 g/mol. The van der Waals surface area contributed by atoms with Crippen molar-refractivity contribution in [2.45, 2.75) is 0 Å². The third-order valence-electron chi connectivity index (χ3n) is 1.71. The van der Waals surface area contributed by atoms with Crippen LogP contribution in [0.5, 0.6) is 5.75 Å². The molecule has 0 aliphatic carbocycles. The highest BCUT2D eigenvalue weighted by Crippen LogP contribution is 2.14. The van der Waals surface area contributed by atoms with Crippen LogP contribution in [0, 0.1) is 0 Å². The first-order valence-corrected chi connectivity index (χ1v) is 3.65. The zero-order valence-corrected chi connectivity index (χ0v) is 6.61. The lowest BCUT2D eigenvalue weighted by atomic mass is 10.2. The van der Waals surface area contributed by atoms with Gasteiger partial charge in [0.05, 0.1) is 10.9 Å². The maximum absolute atomic E-state index is 11.3. The predicted molar refractivity (Wildman–Crippen MR) is 48.4 cm³/mol. The van der Waals surface area contributed by atoms with Crippen molar-refractivity contribution in [2.24, 2.45) is 0 Å². The predicted octanol–water partition coefficient (Wildman–Crippen LogP) is 0.211. The number of benzene rings is 1. The summed E-state index contributed by atoms with van der Waals surface area (Å²) < 4.78 is 0. The van der Waals surface area contributed by atoms with Gasteiger partial charge in [-0.3, -0.25) is 9.78 Å². The van der Waals surface area contributed by atoms with Crippen molar-refractivity contribution in [2.75, 3.05) is 5.73 Å². The van der Waals surface area contributed by atoms with E-state index in [-0.39, 0.29) is 17.3 Å². The summed E-state index contributed by atoms with van der Waals surface area (Å²) in [6.07, 6.45) is 0. The molecule has 0 atom stereocenters. The summed E-state index contributed by atoms with van der Waals surface area (Å²) in [5.41, 5.74) is 5.41. The van der Waals surface area contributed by atoms with E-state index in [0.717, 1.165) is 0 Å². The van der Waals surface area contributed by atoms with Crippen LogP contribution in [0.25, 0.3) is 10.9 Å². The molecule has 0 aliphatic rings. The molecule has 1 aromatic heterocycles. The summed E-state index contributed by atoms with van der Waals surface area (Å²) in [6, 6.07) is 4.31. The van der Waals surface area contributed by atoms with Crippen LogP contribution in [0.1, 0.15) is 0 Å². The molecule has 5 nitrogen and oxygen atoms in total. The molecule has 0 bridgehead atoms. The molecule has 2 rings (SSSR count). The van der Waals surface area contributed by atoms with Gasteiger partial charge in [0.1, 0.15) is 5.75 Å². The number of nitrogen functional groups attached to an aromatic ring is 1. The van der Waals surface area contributed by atoms with E-state index in [0.29, 0.717) is 10.9 Å². The minimum absolute atomic E-state index is 0.0445. The minimum atomic E-state index is -0.303. The molecule has 66 valence electrons. The number of H-pyrrole nitrogens is 1. The molecule has 1 heterocycles.